The van der Waals surface area contributed by atoms with Crippen LogP contribution in [0.5, 0.6) is 5.75 Å². The Hall–Kier alpha value is -2.24. The summed E-state index contributed by atoms with van der Waals surface area (Å²) >= 11 is 5.85. The van der Waals surface area contributed by atoms with Crippen LogP contribution < -0.4 is 15.4 Å². The summed E-state index contributed by atoms with van der Waals surface area (Å²) in [6, 6.07) is 15.1. The maximum absolute atomic E-state index is 12.1. The van der Waals surface area contributed by atoms with Crippen molar-refractivity contribution in [3.05, 3.63) is 64.7 Å². The summed E-state index contributed by atoms with van der Waals surface area (Å²) in [5.41, 5.74) is 2.11. The Kier molecular flexibility index (Phi) is 7.10. The number of amides is 2. The van der Waals surface area contributed by atoms with Crippen molar-refractivity contribution in [3.8, 4) is 5.75 Å². The summed E-state index contributed by atoms with van der Waals surface area (Å²) in [5.74, 6) is 0.815. The Morgan fingerprint density at radius 2 is 1.72 bits per heavy atom. The van der Waals surface area contributed by atoms with Gasteiger partial charge in [-0.1, -0.05) is 35.9 Å². The smallest absolute Gasteiger partial charge is 0.315 e. The Balaban J connectivity index is 1.87. The topological polar surface area (TPSA) is 53.6 Å². The summed E-state index contributed by atoms with van der Waals surface area (Å²) in [6.45, 7) is 0.962. The molecule has 1 atom stereocenters. The highest BCUT2D eigenvalue weighted by molar-refractivity contribution is 6.30. The second kappa shape index (κ2) is 9.30. The predicted molar refractivity (Wildman–Crippen MR) is 101 cm³/mol. The van der Waals surface area contributed by atoms with Crippen LogP contribution in [0.15, 0.2) is 48.5 Å². The minimum Gasteiger partial charge on any atom is -0.497 e. The molecular weight excluding hydrogens is 338 g/mol. The highest BCUT2D eigenvalue weighted by atomic mass is 35.5. The molecule has 2 amide bonds. The van der Waals surface area contributed by atoms with Crippen LogP contribution in [0.2, 0.25) is 5.02 Å². The number of methoxy groups -OCH3 is 1. The Labute approximate surface area is 153 Å². The summed E-state index contributed by atoms with van der Waals surface area (Å²) in [6.07, 6.45) is 0. The number of nitrogens with zero attached hydrogens (tertiary/aromatic N) is 1. The van der Waals surface area contributed by atoms with Crippen molar-refractivity contribution >= 4 is 17.6 Å². The predicted octanol–water partition coefficient (Wildman–Crippen LogP) is 3.45. The highest BCUT2D eigenvalue weighted by Crippen LogP contribution is 2.20. The van der Waals surface area contributed by atoms with E-state index in [2.05, 4.69) is 15.5 Å². The molecule has 2 rings (SSSR count). The van der Waals surface area contributed by atoms with E-state index in [1.807, 2.05) is 62.6 Å². The van der Waals surface area contributed by atoms with Crippen molar-refractivity contribution in [2.24, 2.45) is 0 Å². The number of urea groups is 1. The van der Waals surface area contributed by atoms with Gasteiger partial charge in [0.2, 0.25) is 0 Å². The van der Waals surface area contributed by atoms with Crippen molar-refractivity contribution in [1.82, 2.24) is 15.5 Å². The zero-order valence-electron chi connectivity index (χ0n) is 14.8. The SMILES string of the molecule is COc1ccc(C(CNC(=O)NCc2ccc(Cl)cc2)N(C)C)cc1. The van der Waals surface area contributed by atoms with Crippen LogP contribution in [0.3, 0.4) is 0 Å². The van der Waals surface area contributed by atoms with Crippen LogP contribution in [-0.4, -0.2) is 38.7 Å². The molecule has 0 aliphatic rings. The van der Waals surface area contributed by atoms with Crippen molar-refractivity contribution in [2.75, 3.05) is 27.7 Å². The number of nitrogens with one attached hydrogen (secondary N) is 2. The van der Waals surface area contributed by atoms with Crippen LogP contribution in [-0.2, 0) is 6.54 Å². The van der Waals surface area contributed by atoms with E-state index >= 15 is 0 Å². The van der Waals surface area contributed by atoms with Crippen molar-refractivity contribution in [1.29, 1.82) is 0 Å². The molecule has 0 aromatic heterocycles. The maximum Gasteiger partial charge on any atom is 0.315 e. The number of ether oxygens (including phenoxy) is 1. The largest absolute Gasteiger partial charge is 0.497 e. The van der Waals surface area contributed by atoms with Gasteiger partial charge in [-0.15, -0.1) is 0 Å². The number of rotatable bonds is 7. The van der Waals surface area contributed by atoms with Gasteiger partial charge in [0, 0.05) is 18.1 Å². The van der Waals surface area contributed by atoms with E-state index in [-0.39, 0.29) is 12.1 Å². The lowest BCUT2D eigenvalue weighted by atomic mass is 10.1. The van der Waals surface area contributed by atoms with Gasteiger partial charge in [0.1, 0.15) is 5.75 Å². The molecule has 2 aromatic rings. The van der Waals surface area contributed by atoms with E-state index < -0.39 is 0 Å². The van der Waals surface area contributed by atoms with Gasteiger partial charge >= 0.3 is 6.03 Å². The number of benzene rings is 2. The zero-order valence-corrected chi connectivity index (χ0v) is 15.5. The fourth-order valence-corrected chi connectivity index (χ4v) is 2.59. The molecule has 0 aliphatic carbocycles. The number of halogens is 1. The van der Waals surface area contributed by atoms with E-state index in [4.69, 9.17) is 16.3 Å². The summed E-state index contributed by atoms with van der Waals surface area (Å²) in [4.78, 5) is 14.1. The quantitative estimate of drug-likeness (QED) is 0.794. The minimum atomic E-state index is -0.199. The lowest BCUT2D eigenvalue weighted by Gasteiger charge is -2.25. The molecule has 0 radical (unpaired) electrons. The van der Waals surface area contributed by atoms with Gasteiger partial charge in [-0.05, 0) is 49.5 Å². The monoisotopic (exact) mass is 361 g/mol. The van der Waals surface area contributed by atoms with Gasteiger partial charge in [0.05, 0.1) is 13.2 Å². The molecule has 0 saturated heterocycles. The first-order valence-corrected chi connectivity index (χ1v) is 8.44. The Morgan fingerprint density at radius 3 is 2.28 bits per heavy atom. The van der Waals surface area contributed by atoms with Crippen molar-refractivity contribution < 1.29 is 9.53 Å². The second-order valence-corrected chi connectivity index (χ2v) is 6.38. The van der Waals surface area contributed by atoms with Crippen LogP contribution in [0, 0.1) is 0 Å². The standard InChI is InChI=1S/C19H24ClN3O2/c1-23(2)18(15-6-10-17(25-3)11-7-15)13-22-19(24)21-12-14-4-8-16(20)9-5-14/h4-11,18H,12-13H2,1-3H3,(H2,21,22,24). The molecule has 1 unspecified atom stereocenters. The van der Waals surface area contributed by atoms with E-state index in [9.17, 15) is 4.79 Å². The highest BCUT2D eigenvalue weighted by Gasteiger charge is 2.15. The van der Waals surface area contributed by atoms with Gasteiger partial charge in [-0.2, -0.15) is 0 Å². The molecule has 6 heteroatoms. The number of carbonyl (C=O) groups excluding carboxylic acids is 1. The Morgan fingerprint density at radius 1 is 1.08 bits per heavy atom. The van der Waals surface area contributed by atoms with Gasteiger partial charge in [-0.3, -0.25) is 0 Å². The number of hydrogen-bond donors (Lipinski definition) is 2. The molecular formula is C19H24ClN3O2. The van der Waals surface area contributed by atoms with Gasteiger partial charge in [-0.25, -0.2) is 4.79 Å². The molecule has 2 aromatic carbocycles. The fourth-order valence-electron chi connectivity index (χ4n) is 2.46. The average Bonchev–Trinajstić information content (AvgIpc) is 2.61. The molecule has 0 bridgehead atoms. The van der Waals surface area contributed by atoms with E-state index in [1.165, 1.54) is 0 Å². The van der Waals surface area contributed by atoms with Gasteiger partial charge in [0.25, 0.3) is 0 Å². The van der Waals surface area contributed by atoms with E-state index in [1.54, 1.807) is 7.11 Å². The molecule has 0 heterocycles. The third kappa shape index (κ3) is 5.96. The molecule has 0 aliphatic heterocycles. The summed E-state index contributed by atoms with van der Waals surface area (Å²) in [5, 5.41) is 6.46. The van der Waals surface area contributed by atoms with Crippen LogP contribution in [0.1, 0.15) is 17.2 Å². The third-order valence-electron chi connectivity index (χ3n) is 3.95. The lowest BCUT2D eigenvalue weighted by Crippen LogP contribution is -2.40. The fraction of sp³-hybridized carbons (Fsp3) is 0.316. The molecule has 134 valence electrons. The molecule has 0 saturated carbocycles. The molecule has 2 N–H and O–H groups in total. The molecule has 0 spiro atoms. The van der Waals surface area contributed by atoms with E-state index in [0.717, 1.165) is 16.9 Å². The normalized spacial score (nSPS) is 11.9. The number of carbonyl (C=O) groups is 1. The zero-order chi connectivity index (χ0) is 18.2. The van der Waals surface area contributed by atoms with Crippen LogP contribution in [0.4, 0.5) is 4.79 Å². The van der Waals surface area contributed by atoms with Gasteiger partial charge in [0.15, 0.2) is 0 Å². The molecule has 25 heavy (non-hydrogen) atoms. The second-order valence-electron chi connectivity index (χ2n) is 5.94. The van der Waals surface area contributed by atoms with Crippen LogP contribution in [0.25, 0.3) is 0 Å². The van der Waals surface area contributed by atoms with Gasteiger partial charge < -0.3 is 20.3 Å². The average molecular weight is 362 g/mol. The number of hydrogen-bond acceptors (Lipinski definition) is 3. The van der Waals surface area contributed by atoms with Crippen molar-refractivity contribution in [2.45, 2.75) is 12.6 Å². The van der Waals surface area contributed by atoms with Crippen molar-refractivity contribution in [3.63, 3.8) is 0 Å². The Bertz CT molecular complexity index is 672. The first-order chi connectivity index (χ1) is 12.0. The van der Waals surface area contributed by atoms with E-state index in [0.29, 0.717) is 18.1 Å². The lowest BCUT2D eigenvalue weighted by molar-refractivity contribution is 0.232. The minimum absolute atomic E-state index is 0.0761. The number of likely N-dealkylation sites (N-methyl/N-ethyl adjacent to an activating group) is 1. The summed E-state index contributed by atoms with van der Waals surface area (Å²) in [7, 11) is 5.62. The summed E-state index contributed by atoms with van der Waals surface area (Å²) < 4.78 is 5.19. The molecule has 5 nitrogen and oxygen atoms in total. The third-order valence-corrected chi connectivity index (χ3v) is 4.20. The first-order valence-electron chi connectivity index (χ1n) is 8.06. The first kappa shape index (κ1) is 19.1. The molecule has 0 fully saturated rings. The van der Waals surface area contributed by atoms with Crippen LogP contribution >= 0.6 is 11.6 Å². The maximum atomic E-state index is 12.1.